The van der Waals surface area contributed by atoms with Crippen LogP contribution in [-0.4, -0.2) is 26.7 Å². The van der Waals surface area contributed by atoms with E-state index in [1.165, 1.54) is 5.56 Å². The first kappa shape index (κ1) is 18.3. The molecule has 1 aliphatic heterocycles. The molecular formula is C25H22N4O. The van der Waals surface area contributed by atoms with Gasteiger partial charge in [0.2, 0.25) is 5.82 Å². The number of para-hydroxylation sites is 2. The van der Waals surface area contributed by atoms with E-state index in [0.717, 1.165) is 29.8 Å². The maximum absolute atomic E-state index is 13.6. The quantitative estimate of drug-likeness (QED) is 0.496. The number of benzene rings is 3. The van der Waals surface area contributed by atoms with E-state index in [0.29, 0.717) is 5.82 Å². The number of hydrogen-bond donors (Lipinski definition) is 0. The van der Waals surface area contributed by atoms with E-state index in [1.807, 2.05) is 83.8 Å². The van der Waals surface area contributed by atoms with Crippen LogP contribution < -0.4 is 4.90 Å². The average molecular weight is 394 g/mol. The highest BCUT2D eigenvalue weighted by molar-refractivity contribution is 6.05. The number of anilines is 1. The van der Waals surface area contributed by atoms with Crippen LogP contribution in [0.5, 0.6) is 0 Å². The molecule has 5 nitrogen and oxygen atoms in total. The molecule has 0 spiro atoms. The van der Waals surface area contributed by atoms with Gasteiger partial charge in [0.25, 0.3) is 5.91 Å². The summed E-state index contributed by atoms with van der Waals surface area (Å²) in [5.74, 6) is 0.700. The highest BCUT2D eigenvalue weighted by atomic mass is 16.2. The first-order chi connectivity index (χ1) is 14.7. The molecule has 5 rings (SSSR count). The van der Waals surface area contributed by atoms with E-state index in [4.69, 9.17) is 4.98 Å². The number of carbonyl (C=O) groups excluding carboxylic acids is 1. The third-order valence-electron chi connectivity index (χ3n) is 5.57. The fourth-order valence-corrected chi connectivity index (χ4v) is 4.03. The van der Waals surface area contributed by atoms with Crippen molar-refractivity contribution in [3.05, 3.63) is 96.3 Å². The zero-order chi connectivity index (χ0) is 20.5. The van der Waals surface area contributed by atoms with Gasteiger partial charge in [-0.25, -0.2) is 9.67 Å². The summed E-state index contributed by atoms with van der Waals surface area (Å²) in [4.78, 5) is 20.1. The lowest BCUT2D eigenvalue weighted by atomic mass is 9.96. The van der Waals surface area contributed by atoms with Gasteiger partial charge >= 0.3 is 0 Å². The Labute approximate surface area is 175 Å². The Morgan fingerprint density at radius 1 is 0.900 bits per heavy atom. The molecule has 4 aromatic rings. The number of nitrogens with zero attached hydrogens (tertiary/aromatic N) is 4. The number of carbonyl (C=O) groups is 1. The summed E-state index contributed by atoms with van der Waals surface area (Å²) < 4.78 is 1.75. The van der Waals surface area contributed by atoms with Crippen molar-refractivity contribution in [1.82, 2.24) is 14.8 Å². The summed E-state index contributed by atoms with van der Waals surface area (Å²) in [5.41, 5.74) is 3.93. The highest BCUT2D eigenvalue weighted by Crippen LogP contribution is 2.32. The third-order valence-corrected chi connectivity index (χ3v) is 5.57. The number of amides is 1. The van der Waals surface area contributed by atoms with Crippen molar-refractivity contribution in [3.63, 3.8) is 0 Å². The highest BCUT2D eigenvalue weighted by Gasteiger charge is 2.31. The molecule has 5 heteroatoms. The van der Waals surface area contributed by atoms with E-state index in [-0.39, 0.29) is 17.8 Å². The number of aryl methyl sites for hydroxylation is 1. The normalized spacial score (nSPS) is 15.6. The minimum atomic E-state index is -0.165. The number of hydrogen-bond acceptors (Lipinski definition) is 3. The van der Waals surface area contributed by atoms with Gasteiger partial charge in [-0.2, -0.15) is 0 Å². The SMILES string of the molecule is C[C@@H]1CCc2ccccc2N1C(=O)c1nc(-c2ccccc2)n(-c2ccccc2)n1. The predicted octanol–water partition coefficient (Wildman–Crippen LogP) is 4.92. The van der Waals surface area contributed by atoms with Crippen LogP contribution in [0.2, 0.25) is 0 Å². The third kappa shape index (κ3) is 3.18. The van der Waals surface area contributed by atoms with Gasteiger partial charge in [-0.1, -0.05) is 66.7 Å². The molecule has 3 aromatic carbocycles. The molecule has 1 aromatic heterocycles. The fourth-order valence-electron chi connectivity index (χ4n) is 4.03. The van der Waals surface area contributed by atoms with Gasteiger partial charge < -0.3 is 4.90 Å². The van der Waals surface area contributed by atoms with E-state index < -0.39 is 0 Å². The summed E-state index contributed by atoms with van der Waals surface area (Å²) in [6, 6.07) is 27.8. The van der Waals surface area contributed by atoms with Crippen LogP contribution in [0.4, 0.5) is 5.69 Å². The van der Waals surface area contributed by atoms with Gasteiger partial charge in [-0.15, -0.1) is 5.10 Å². The van der Waals surface area contributed by atoms with Gasteiger partial charge in [-0.05, 0) is 43.5 Å². The van der Waals surface area contributed by atoms with Crippen LogP contribution in [0.1, 0.15) is 29.5 Å². The lowest BCUT2D eigenvalue weighted by Gasteiger charge is -2.34. The summed E-state index contributed by atoms with van der Waals surface area (Å²) in [6.07, 6.45) is 1.90. The van der Waals surface area contributed by atoms with Gasteiger partial charge in [0, 0.05) is 17.3 Å². The first-order valence-electron chi connectivity index (χ1n) is 10.2. The summed E-state index contributed by atoms with van der Waals surface area (Å²) in [7, 11) is 0. The predicted molar refractivity (Wildman–Crippen MR) is 118 cm³/mol. The van der Waals surface area contributed by atoms with Crippen molar-refractivity contribution in [2.45, 2.75) is 25.8 Å². The Balaban J connectivity index is 1.62. The van der Waals surface area contributed by atoms with Gasteiger partial charge in [0.15, 0.2) is 5.82 Å². The van der Waals surface area contributed by atoms with Gasteiger partial charge in [0.05, 0.1) is 5.69 Å². The van der Waals surface area contributed by atoms with Crippen molar-refractivity contribution in [2.24, 2.45) is 0 Å². The van der Waals surface area contributed by atoms with Crippen LogP contribution in [0.3, 0.4) is 0 Å². The summed E-state index contributed by atoms with van der Waals surface area (Å²) in [6.45, 7) is 2.08. The largest absolute Gasteiger partial charge is 0.303 e. The summed E-state index contributed by atoms with van der Waals surface area (Å²) in [5, 5.41) is 4.65. The molecule has 148 valence electrons. The van der Waals surface area contributed by atoms with Crippen LogP contribution in [0.15, 0.2) is 84.9 Å². The van der Waals surface area contributed by atoms with E-state index >= 15 is 0 Å². The molecule has 1 aliphatic rings. The molecule has 0 fully saturated rings. The Morgan fingerprint density at radius 2 is 1.57 bits per heavy atom. The molecule has 0 radical (unpaired) electrons. The van der Waals surface area contributed by atoms with E-state index in [9.17, 15) is 4.79 Å². The van der Waals surface area contributed by atoms with Crippen molar-refractivity contribution in [3.8, 4) is 17.1 Å². The molecule has 0 N–H and O–H groups in total. The topological polar surface area (TPSA) is 51.0 Å². The van der Waals surface area contributed by atoms with Crippen LogP contribution in [0.25, 0.3) is 17.1 Å². The van der Waals surface area contributed by atoms with E-state index in [1.54, 1.807) is 4.68 Å². The molecule has 0 unspecified atom stereocenters. The Bertz CT molecular complexity index is 1130. The lowest BCUT2D eigenvalue weighted by Crippen LogP contribution is -2.42. The van der Waals surface area contributed by atoms with Crippen LogP contribution >= 0.6 is 0 Å². The lowest BCUT2D eigenvalue weighted by molar-refractivity contribution is 0.0965. The molecule has 30 heavy (non-hydrogen) atoms. The van der Waals surface area contributed by atoms with Crippen molar-refractivity contribution in [2.75, 3.05) is 4.90 Å². The molecule has 0 saturated heterocycles. The van der Waals surface area contributed by atoms with Crippen molar-refractivity contribution in [1.29, 1.82) is 0 Å². The zero-order valence-corrected chi connectivity index (χ0v) is 16.8. The van der Waals surface area contributed by atoms with Crippen LogP contribution in [-0.2, 0) is 6.42 Å². The van der Waals surface area contributed by atoms with Crippen molar-refractivity contribution < 1.29 is 4.79 Å². The van der Waals surface area contributed by atoms with E-state index in [2.05, 4.69) is 18.1 Å². The van der Waals surface area contributed by atoms with Crippen LogP contribution in [0, 0.1) is 0 Å². The van der Waals surface area contributed by atoms with Gasteiger partial charge in [-0.3, -0.25) is 4.79 Å². The average Bonchev–Trinajstić information content (AvgIpc) is 3.25. The maximum Gasteiger partial charge on any atom is 0.298 e. The Kier molecular flexibility index (Phi) is 4.64. The smallest absolute Gasteiger partial charge is 0.298 e. The second-order valence-electron chi connectivity index (χ2n) is 7.56. The van der Waals surface area contributed by atoms with Crippen molar-refractivity contribution >= 4 is 11.6 Å². The second kappa shape index (κ2) is 7.59. The number of rotatable bonds is 3. The summed E-state index contributed by atoms with van der Waals surface area (Å²) >= 11 is 0. The molecule has 0 bridgehead atoms. The molecule has 0 aliphatic carbocycles. The number of fused-ring (bicyclic) bond motifs is 1. The minimum Gasteiger partial charge on any atom is -0.303 e. The standard InChI is InChI=1S/C25H22N4O/c1-18-16-17-19-10-8-9-15-22(19)28(18)25(30)23-26-24(20-11-4-2-5-12-20)29(27-23)21-13-6-3-7-14-21/h2-15,18H,16-17H2,1H3/t18-/m1/s1. The Morgan fingerprint density at radius 3 is 2.33 bits per heavy atom. The molecule has 1 amide bonds. The second-order valence-corrected chi connectivity index (χ2v) is 7.56. The zero-order valence-electron chi connectivity index (χ0n) is 16.8. The first-order valence-corrected chi connectivity index (χ1v) is 10.2. The number of aromatic nitrogens is 3. The molecule has 1 atom stereocenters. The van der Waals surface area contributed by atoms with Gasteiger partial charge in [0.1, 0.15) is 0 Å². The molecular weight excluding hydrogens is 372 g/mol. The molecule has 2 heterocycles. The maximum atomic E-state index is 13.6. The molecule has 0 saturated carbocycles. The Hall–Kier alpha value is -3.73. The fraction of sp³-hybridized carbons (Fsp3) is 0.160. The minimum absolute atomic E-state index is 0.0938. The monoisotopic (exact) mass is 394 g/mol.